The first-order valence-corrected chi connectivity index (χ1v) is 10.6. The van der Waals surface area contributed by atoms with Crippen LogP contribution in [0.15, 0.2) is 48.8 Å². The van der Waals surface area contributed by atoms with E-state index >= 15 is 0 Å². The van der Waals surface area contributed by atoms with Crippen molar-refractivity contribution in [1.82, 2.24) is 15.0 Å². The number of nitrogens with zero attached hydrogens (tertiary/aromatic N) is 4. The van der Waals surface area contributed by atoms with Crippen LogP contribution >= 0.6 is 11.3 Å². The molecule has 0 aliphatic heterocycles. The van der Waals surface area contributed by atoms with Crippen LogP contribution in [-0.4, -0.2) is 39.6 Å². The number of methoxy groups -OCH3 is 1. The van der Waals surface area contributed by atoms with Crippen LogP contribution in [-0.2, 0) is 4.74 Å². The molecule has 0 bridgehead atoms. The van der Waals surface area contributed by atoms with Gasteiger partial charge in [0.25, 0.3) is 0 Å². The number of nitrogens with one attached hydrogen (secondary N) is 2. The van der Waals surface area contributed by atoms with Crippen molar-refractivity contribution in [2.75, 3.05) is 24.4 Å². The number of para-hydroxylation sites is 1. The van der Waals surface area contributed by atoms with Gasteiger partial charge in [-0.15, -0.1) is 0 Å². The number of carbonyl (C=O) groups excluding carboxylic acids is 1. The van der Waals surface area contributed by atoms with E-state index in [0.717, 1.165) is 4.70 Å². The van der Waals surface area contributed by atoms with Crippen molar-refractivity contribution < 1.29 is 19.2 Å². The molecule has 4 aromatic rings. The van der Waals surface area contributed by atoms with Crippen LogP contribution in [0.2, 0.25) is 0 Å². The van der Waals surface area contributed by atoms with Gasteiger partial charge in [-0.1, -0.05) is 23.5 Å². The lowest BCUT2D eigenvalue weighted by atomic mass is 10.2. The predicted octanol–water partition coefficient (Wildman–Crippen LogP) is 4.67. The highest BCUT2D eigenvalue weighted by Gasteiger charge is 2.25. The Morgan fingerprint density at radius 3 is 2.64 bits per heavy atom. The average molecular weight is 466 g/mol. The molecule has 0 amide bonds. The zero-order chi connectivity index (χ0) is 23.4. The molecule has 2 N–H and O–H groups in total. The standard InChI is InChI=1S/C21H18N6O5S/c1-3-32-20(28)13-6-4-5-7-14(13)24-18-17(27(29)30)19(23-11-22-18)26-21-25-15-9-8-12(31-2)10-16(15)33-21/h4-11H,3H2,1-2H3,(H2,22,23,24,25,26). The highest BCUT2D eigenvalue weighted by molar-refractivity contribution is 7.22. The molecule has 2 heterocycles. The Balaban J connectivity index is 1.69. The largest absolute Gasteiger partial charge is 0.497 e. The fraction of sp³-hybridized carbons (Fsp3) is 0.143. The van der Waals surface area contributed by atoms with Gasteiger partial charge < -0.3 is 20.1 Å². The monoisotopic (exact) mass is 466 g/mol. The number of esters is 1. The summed E-state index contributed by atoms with van der Waals surface area (Å²) in [7, 11) is 1.57. The molecule has 0 saturated heterocycles. The second-order valence-corrected chi connectivity index (χ2v) is 7.58. The smallest absolute Gasteiger partial charge is 0.353 e. The summed E-state index contributed by atoms with van der Waals surface area (Å²) in [4.78, 5) is 36.1. The minimum absolute atomic E-state index is 0.0443. The molecule has 12 heteroatoms. The summed E-state index contributed by atoms with van der Waals surface area (Å²) < 4.78 is 11.1. The number of fused-ring (bicyclic) bond motifs is 1. The topological polar surface area (TPSA) is 141 Å². The average Bonchev–Trinajstić information content (AvgIpc) is 3.20. The van der Waals surface area contributed by atoms with Crippen molar-refractivity contribution in [3.8, 4) is 5.75 Å². The summed E-state index contributed by atoms with van der Waals surface area (Å²) in [5, 5.41) is 18.1. The van der Waals surface area contributed by atoms with Crippen LogP contribution in [0.5, 0.6) is 5.75 Å². The Bertz CT molecular complexity index is 1340. The number of nitro groups is 1. The van der Waals surface area contributed by atoms with Gasteiger partial charge in [0.05, 0.1) is 40.1 Å². The van der Waals surface area contributed by atoms with E-state index in [1.165, 1.54) is 17.7 Å². The SMILES string of the molecule is CCOC(=O)c1ccccc1Nc1ncnc(Nc2nc3ccc(OC)cc3s2)c1[N+](=O)[O-]. The second kappa shape index (κ2) is 9.44. The molecule has 0 fully saturated rings. The quantitative estimate of drug-likeness (QED) is 0.214. The van der Waals surface area contributed by atoms with Crippen molar-refractivity contribution in [2.24, 2.45) is 0 Å². The molecular weight excluding hydrogens is 448 g/mol. The highest BCUT2D eigenvalue weighted by atomic mass is 32.1. The summed E-state index contributed by atoms with van der Waals surface area (Å²) in [5.74, 6) is -0.00723. The van der Waals surface area contributed by atoms with Gasteiger partial charge in [0, 0.05) is 0 Å². The summed E-state index contributed by atoms with van der Waals surface area (Å²) in [6.45, 7) is 1.89. The predicted molar refractivity (Wildman–Crippen MR) is 124 cm³/mol. The molecule has 4 rings (SSSR count). The number of benzene rings is 2. The summed E-state index contributed by atoms with van der Waals surface area (Å²) in [5.41, 5.74) is 0.854. The van der Waals surface area contributed by atoms with Crippen LogP contribution in [0.3, 0.4) is 0 Å². The maximum absolute atomic E-state index is 12.3. The van der Waals surface area contributed by atoms with Gasteiger partial charge in [-0.3, -0.25) is 10.1 Å². The van der Waals surface area contributed by atoms with Crippen LogP contribution in [0, 0.1) is 10.1 Å². The molecule has 0 spiro atoms. The Hall–Kier alpha value is -4.32. The summed E-state index contributed by atoms with van der Waals surface area (Å²) in [6, 6.07) is 11.9. The van der Waals surface area contributed by atoms with E-state index in [1.54, 1.807) is 50.4 Å². The number of rotatable bonds is 8. The van der Waals surface area contributed by atoms with Crippen molar-refractivity contribution in [3.63, 3.8) is 0 Å². The van der Waals surface area contributed by atoms with Crippen LogP contribution in [0.1, 0.15) is 17.3 Å². The number of hydrogen-bond donors (Lipinski definition) is 2. The van der Waals surface area contributed by atoms with Gasteiger partial charge in [0.15, 0.2) is 5.13 Å². The molecule has 0 aliphatic carbocycles. The Kier molecular flexibility index (Phi) is 6.26. The molecule has 2 aromatic carbocycles. The molecule has 0 radical (unpaired) electrons. The van der Waals surface area contributed by atoms with Crippen LogP contribution in [0.4, 0.5) is 28.1 Å². The Morgan fingerprint density at radius 1 is 1.15 bits per heavy atom. The van der Waals surface area contributed by atoms with E-state index in [2.05, 4.69) is 25.6 Å². The van der Waals surface area contributed by atoms with E-state index in [-0.39, 0.29) is 23.8 Å². The minimum atomic E-state index is -0.603. The van der Waals surface area contributed by atoms with E-state index < -0.39 is 16.6 Å². The van der Waals surface area contributed by atoms with Gasteiger partial charge in [0.1, 0.15) is 12.1 Å². The third-order valence-corrected chi connectivity index (χ3v) is 5.43. The highest BCUT2D eigenvalue weighted by Crippen LogP contribution is 2.36. The molecular formula is C21H18N6O5S. The lowest BCUT2D eigenvalue weighted by Crippen LogP contribution is -2.10. The van der Waals surface area contributed by atoms with Crippen LogP contribution in [0.25, 0.3) is 10.2 Å². The third kappa shape index (κ3) is 4.65. The van der Waals surface area contributed by atoms with Crippen molar-refractivity contribution in [3.05, 3.63) is 64.5 Å². The number of anilines is 4. The first-order chi connectivity index (χ1) is 16.0. The summed E-state index contributed by atoms with van der Waals surface area (Å²) in [6.07, 6.45) is 1.18. The molecule has 33 heavy (non-hydrogen) atoms. The molecule has 2 aromatic heterocycles. The number of ether oxygens (including phenoxy) is 2. The number of hydrogen-bond acceptors (Lipinski definition) is 11. The third-order valence-electron chi connectivity index (χ3n) is 4.50. The van der Waals surface area contributed by atoms with Crippen molar-refractivity contribution in [2.45, 2.75) is 6.92 Å². The number of aromatic nitrogens is 3. The van der Waals surface area contributed by atoms with Gasteiger partial charge in [0.2, 0.25) is 11.6 Å². The minimum Gasteiger partial charge on any atom is -0.497 e. The van der Waals surface area contributed by atoms with Gasteiger partial charge in [-0.2, -0.15) is 0 Å². The van der Waals surface area contributed by atoms with Gasteiger partial charge in [-0.05, 0) is 37.3 Å². The van der Waals surface area contributed by atoms with E-state index in [1.807, 2.05) is 6.07 Å². The Labute approximate surface area is 191 Å². The lowest BCUT2D eigenvalue weighted by molar-refractivity contribution is -0.383. The van der Waals surface area contributed by atoms with Crippen molar-refractivity contribution >= 4 is 55.7 Å². The molecule has 0 saturated carbocycles. The number of carbonyl (C=O) groups is 1. The lowest BCUT2D eigenvalue weighted by Gasteiger charge is -2.12. The fourth-order valence-electron chi connectivity index (χ4n) is 3.03. The Morgan fingerprint density at radius 2 is 1.91 bits per heavy atom. The van der Waals surface area contributed by atoms with E-state index in [0.29, 0.717) is 22.1 Å². The molecule has 0 unspecified atom stereocenters. The van der Waals surface area contributed by atoms with Crippen LogP contribution < -0.4 is 15.4 Å². The van der Waals surface area contributed by atoms with E-state index in [4.69, 9.17) is 9.47 Å². The maximum Gasteiger partial charge on any atom is 0.353 e. The zero-order valence-electron chi connectivity index (χ0n) is 17.6. The first kappa shape index (κ1) is 21.9. The first-order valence-electron chi connectivity index (χ1n) is 9.74. The van der Waals surface area contributed by atoms with E-state index in [9.17, 15) is 14.9 Å². The van der Waals surface area contributed by atoms with Gasteiger partial charge >= 0.3 is 11.7 Å². The molecule has 168 valence electrons. The molecule has 11 nitrogen and oxygen atoms in total. The second-order valence-electron chi connectivity index (χ2n) is 6.55. The molecule has 0 aliphatic rings. The zero-order valence-corrected chi connectivity index (χ0v) is 18.4. The van der Waals surface area contributed by atoms with Gasteiger partial charge in [-0.25, -0.2) is 19.7 Å². The number of thiazole rings is 1. The fourth-order valence-corrected chi connectivity index (χ4v) is 3.92. The normalized spacial score (nSPS) is 10.6. The maximum atomic E-state index is 12.3. The van der Waals surface area contributed by atoms with Crippen molar-refractivity contribution in [1.29, 1.82) is 0 Å². The molecule has 0 atom stereocenters. The summed E-state index contributed by atoms with van der Waals surface area (Å²) >= 11 is 1.30.